The molecule has 0 bridgehead atoms. The summed E-state index contributed by atoms with van der Waals surface area (Å²) in [6.07, 6.45) is 0. The first-order valence-electron chi connectivity index (χ1n) is 8.71. The number of alkyl halides is 4. The lowest BCUT2D eigenvalue weighted by molar-refractivity contribution is -0.0498. The summed E-state index contributed by atoms with van der Waals surface area (Å²) in [5.74, 6) is -1.74. The average Bonchev–Trinajstić information content (AvgIpc) is 3.14. The number of hydrogen-bond donors (Lipinski definition) is 2. The number of anilines is 2. The van der Waals surface area contributed by atoms with E-state index in [0.29, 0.717) is 4.70 Å². The third-order valence-corrected chi connectivity index (χ3v) is 4.60. The number of halogens is 4. The first-order valence-corrected chi connectivity index (χ1v) is 9.53. The maximum absolute atomic E-state index is 12.3. The van der Waals surface area contributed by atoms with E-state index in [9.17, 15) is 27.2 Å². The molecule has 3 rings (SSSR count). The van der Waals surface area contributed by atoms with Gasteiger partial charge in [-0.05, 0) is 30.3 Å². The van der Waals surface area contributed by atoms with Crippen LogP contribution in [0.2, 0.25) is 0 Å². The van der Waals surface area contributed by atoms with E-state index in [-0.39, 0.29) is 39.0 Å². The van der Waals surface area contributed by atoms with Crippen molar-refractivity contribution in [1.82, 2.24) is 4.98 Å². The molecule has 3 aromatic rings. The Hall–Kier alpha value is -3.81. The molecule has 14 heteroatoms. The van der Waals surface area contributed by atoms with E-state index < -0.39 is 25.2 Å². The van der Waals surface area contributed by atoms with E-state index >= 15 is 0 Å². The summed E-state index contributed by atoms with van der Waals surface area (Å²) in [4.78, 5) is 26.3. The highest BCUT2D eigenvalue weighted by atomic mass is 32.1. The van der Waals surface area contributed by atoms with Crippen molar-refractivity contribution in [2.45, 2.75) is 13.2 Å². The molecule has 0 saturated carbocycles. The van der Waals surface area contributed by atoms with Crippen LogP contribution in [0.25, 0.3) is 10.2 Å². The number of esters is 2. The van der Waals surface area contributed by atoms with Crippen LogP contribution < -0.4 is 20.9 Å². The van der Waals surface area contributed by atoms with Crippen molar-refractivity contribution in [3.05, 3.63) is 41.5 Å². The van der Waals surface area contributed by atoms with E-state index in [0.717, 1.165) is 23.5 Å². The third kappa shape index (κ3) is 6.83. The van der Waals surface area contributed by atoms with E-state index in [4.69, 9.17) is 11.5 Å². The average molecular weight is 491 g/mol. The van der Waals surface area contributed by atoms with Crippen molar-refractivity contribution in [2.24, 2.45) is 0 Å². The number of aromatic nitrogens is 1. The van der Waals surface area contributed by atoms with Crippen LogP contribution in [0.1, 0.15) is 20.7 Å². The van der Waals surface area contributed by atoms with Gasteiger partial charge in [0, 0.05) is 0 Å². The number of methoxy groups -OCH3 is 2. The molecule has 1 heterocycles. The Kier molecular flexibility index (Phi) is 8.62. The highest BCUT2D eigenvalue weighted by molar-refractivity contribution is 7.22. The third-order valence-electron chi connectivity index (χ3n) is 3.76. The number of rotatable bonds is 6. The molecule has 0 aliphatic carbocycles. The lowest BCUT2D eigenvalue weighted by atomic mass is 10.2. The number of nitrogens with zero attached hydrogens (tertiary/aromatic N) is 1. The zero-order valence-corrected chi connectivity index (χ0v) is 17.8. The molecule has 33 heavy (non-hydrogen) atoms. The van der Waals surface area contributed by atoms with E-state index in [1.807, 2.05) is 0 Å². The topological polar surface area (TPSA) is 136 Å². The Bertz CT molecular complexity index is 1140. The van der Waals surface area contributed by atoms with Gasteiger partial charge in [-0.25, -0.2) is 14.6 Å². The molecular formula is C19H17F4N3O6S. The molecule has 9 nitrogen and oxygen atoms in total. The first kappa shape index (κ1) is 25.5. The number of ether oxygens (including phenoxy) is 4. The second-order valence-electron chi connectivity index (χ2n) is 5.87. The van der Waals surface area contributed by atoms with Gasteiger partial charge in [-0.3, -0.25) is 0 Å². The van der Waals surface area contributed by atoms with Crippen molar-refractivity contribution in [2.75, 3.05) is 25.7 Å². The van der Waals surface area contributed by atoms with Crippen molar-refractivity contribution < 1.29 is 46.1 Å². The van der Waals surface area contributed by atoms with Gasteiger partial charge in [-0.2, -0.15) is 17.6 Å². The molecule has 0 aliphatic heterocycles. The van der Waals surface area contributed by atoms with Crippen LogP contribution in [-0.2, 0) is 9.47 Å². The zero-order valence-electron chi connectivity index (χ0n) is 17.0. The van der Waals surface area contributed by atoms with Gasteiger partial charge < -0.3 is 30.4 Å². The van der Waals surface area contributed by atoms with Crippen LogP contribution in [0.15, 0.2) is 30.3 Å². The van der Waals surface area contributed by atoms with Crippen molar-refractivity contribution in [1.29, 1.82) is 0 Å². The molecular weight excluding hydrogens is 474 g/mol. The molecule has 1 aromatic heterocycles. The maximum atomic E-state index is 12.3. The normalized spacial score (nSPS) is 10.5. The number of nitrogen functional groups attached to an aromatic ring is 2. The summed E-state index contributed by atoms with van der Waals surface area (Å²) in [6, 6.07) is 6.38. The van der Waals surface area contributed by atoms with E-state index in [2.05, 4.69) is 23.9 Å². The molecule has 0 saturated heterocycles. The fourth-order valence-corrected chi connectivity index (χ4v) is 3.21. The highest BCUT2D eigenvalue weighted by Crippen LogP contribution is 2.33. The van der Waals surface area contributed by atoms with Crippen molar-refractivity contribution >= 4 is 44.3 Å². The van der Waals surface area contributed by atoms with Crippen LogP contribution in [0.5, 0.6) is 11.5 Å². The zero-order chi connectivity index (χ0) is 24.7. The number of carbonyl (C=O) groups excluding carboxylic acids is 2. The summed E-state index contributed by atoms with van der Waals surface area (Å²) < 4.78 is 66.2. The van der Waals surface area contributed by atoms with Gasteiger partial charge >= 0.3 is 25.2 Å². The second-order valence-corrected chi connectivity index (χ2v) is 6.93. The van der Waals surface area contributed by atoms with E-state index in [1.54, 1.807) is 0 Å². The van der Waals surface area contributed by atoms with E-state index in [1.165, 1.54) is 32.4 Å². The molecule has 0 unspecified atom stereocenters. The molecule has 4 N–H and O–H groups in total. The summed E-state index contributed by atoms with van der Waals surface area (Å²) in [5, 5.41) is 0.200. The SMILES string of the molecule is COC(=O)c1cc(OC(F)F)c2nc(N)sc2c1.COC(=O)c1ccc(N)c(OC(F)F)c1. The lowest BCUT2D eigenvalue weighted by Gasteiger charge is -2.08. The van der Waals surface area contributed by atoms with Crippen molar-refractivity contribution in [3.63, 3.8) is 0 Å². The quantitative estimate of drug-likeness (QED) is 0.299. The largest absolute Gasteiger partial charge is 0.465 e. The predicted octanol–water partition coefficient (Wildman–Crippen LogP) is 3.92. The van der Waals surface area contributed by atoms with Crippen molar-refractivity contribution in [3.8, 4) is 11.5 Å². The number of fused-ring (bicyclic) bond motifs is 1. The van der Waals surface area contributed by atoms with Gasteiger partial charge in [-0.15, -0.1) is 0 Å². The molecule has 178 valence electrons. The molecule has 2 aromatic carbocycles. The molecule has 0 amide bonds. The maximum Gasteiger partial charge on any atom is 0.387 e. The number of nitrogens with two attached hydrogens (primary N) is 2. The molecule has 0 radical (unpaired) electrons. The van der Waals surface area contributed by atoms with Gasteiger partial charge in [0.2, 0.25) is 0 Å². The van der Waals surface area contributed by atoms with Crippen LogP contribution in [-0.4, -0.2) is 44.4 Å². The lowest BCUT2D eigenvalue weighted by Crippen LogP contribution is -2.07. The Morgan fingerprint density at radius 3 is 2.00 bits per heavy atom. The Balaban J connectivity index is 0.000000238. The Morgan fingerprint density at radius 1 is 0.879 bits per heavy atom. The Morgan fingerprint density at radius 2 is 1.42 bits per heavy atom. The molecule has 0 atom stereocenters. The summed E-state index contributed by atoms with van der Waals surface area (Å²) in [6.45, 7) is -6.00. The fraction of sp³-hybridized carbons (Fsp3) is 0.211. The van der Waals surface area contributed by atoms with Crippen LogP contribution in [0.3, 0.4) is 0 Å². The van der Waals surface area contributed by atoms with Gasteiger partial charge in [0.05, 0.1) is 35.7 Å². The number of benzene rings is 2. The minimum atomic E-state index is -3.01. The summed E-state index contributed by atoms with van der Waals surface area (Å²) in [7, 11) is 2.38. The minimum Gasteiger partial charge on any atom is -0.465 e. The number of thiazole rings is 1. The first-order chi connectivity index (χ1) is 15.5. The predicted molar refractivity (Wildman–Crippen MR) is 111 cm³/mol. The second kappa shape index (κ2) is 11.2. The van der Waals surface area contributed by atoms with Crippen LogP contribution in [0, 0.1) is 0 Å². The molecule has 0 spiro atoms. The molecule has 0 aliphatic rings. The number of hydrogen-bond acceptors (Lipinski definition) is 10. The fourth-order valence-electron chi connectivity index (χ4n) is 2.41. The van der Waals surface area contributed by atoms with Crippen LogP contribution >= 0.6 is 11.3 Å². The van der Waals surface area contributed by atoms with Gasteiger partial charge in [0.1, 0.15) is 11.3 Å². The van der Waals surface area contributed by atoms with Gasteiger partial charge in [0.15, 0.2) is 10.9 Å². The summed E-state index contributed by atoms with van der Waals surface area (Å²) >= 11 is 1.07. The highest BCUT2D eigenvalue weighted by Gasteiger charge is 2.17. The van der Waals surface area contributed by atoms with Gasteiger partial charge in [-0.1, -0.05) is 11.3 Å². The standard InChI is InChI=1S/C10H8F2N2O3S.C9H9F2NO3/c1-16-8(15)4-2-5(17-9(11)12)7-6(3-4)18-10(13)14-7;1-14-8(13)5-2-3-6(12)7(4-5)15-9(10)11/h2-3,9H,1H3,(H2,13,14);2-4,9H,12H2,1H3. The summed E-state index contributed by atoms with van der Waals surface area (Å²) in [5.41, 5.74) is 11.3. The number of carbonyl (C=O) groups is 2. The smallest absolute Gasteiger partial charge is 0.387 e. The molecule has 0 fully saturated rings. The monoisotopic (exact) mass is 491 g/mol. The van der Waals surface area contributed by atoms with Gasteiger partial charge in [0.25, 0.3) is 0 Å². The minimum absolute atomic E-state index is 0.0305. The Labute approximate surface area is 187 Å². The van der Waals surface area contributed by atoms with Crippen LogP contribution in [0.4, 0.5) is 28.4 Å².